The first-order valence-electron chi connectivity index (χ1n) is 5.28. The van der Waals surface area contributed by atoms with Gasteiger partial charge in [0, 0.05) is 7.05 Å². The summed E-state index contributed by atoms with van der Waals surface area (Å²) in [5.41, 5.74) is 1.18. The van der Waals surface area contributed by atoms with Gasteiger partial charge >= 0.3 is 5.97 Å². The van der Waals surface area contributed by atoms with Crippen LogP contribution in [0.1, 0.15) is 10.4 Å². The third-order valence-corrected chi connectivity index (χ3v) is 3.51. The highest BCUT2D eigenvalue weighted by Crippen LogP contribution is 2.22. The summed E-state index contributed by atoms with van der Waals surface area (Å²) in [6.45, 7) is 0. The van der Waals surface area contributed by atoms with Crippen LogP contribution in [0.4, 0.5) is 5.69 Å². The molecule has 0 radical (unpaired) electrons. The maximum Gasteiger partial charge on any atom is 0.337 e. The van der Waals surface area contributed by atoms with Crippen LogP contribution < -0.4 is 0 Å². The van der Waals surface area contributed by atoms with Crippen molar-refractivity contribution in [3.8, 4) is 0 Å². The Labute approximate surface area is 109 Å². The number of thioether (sulfide) groups is 1. The summed E-state index contributed by atoms with van der Waals surface area (Å²) < 4.78 is 4.61. The third-order valence-electron chi connectivity index (χ3n) is 2.50. The van der Waals surface area contributed by atoms with Crippen LogP contribution in [0.15, 0.2) is 29.3 Å². The van der Waals surface area contributed by atoms with Crippen LogP contribution in [0.3, 0.4) is 0 Å². The molecule has 6 heteroatoms. The molecule has 1 amide bonds. The summed E-state index contributed by atoms with van der Waals surface area (Å²) in [6, 6.07) is 6.73. The molecule has 1 fully saturated rings. The predicted molar refractivity (Wildman–Crippen MR) is 70.1 cm³/mol. The van der Waals surface area contributed by atoms with E-state index in [1.54, 1.807) is 31.3 Å². The third kappa shape index (κ3) is 2.53. The maximum absolute atomic E-state index is 11.3. The zero-order valence-corrected chi connectivity index (χ0v) is 10.9. The molecule has 1 aliphatic heterocycles. The molecule has 0 N–H and O–H groups in total. The second-order valence-corrected chi connectivity index (χ2v) is 4.62. The normalized spacial score (nSPS) is 17.3. The van der Waals surface area contributed by atoms with Gasteiger partial charge < -0.3 is 4.74 Å². The standard InChI is InChI=1S/C12H12N2O3S/c1-14-10(15)7-18-12(14)13-9-5-3-8(4-6-9)11(16)17-2/h3-6H,7H2,1-2H3. The monoisotopic (exact) mass is 264 g/mol. The molecule has 0 unspecified atom stereocenters. The molecule has 2 rings (SSSR count). The van der Waals surface area contributed by atoms with E-state index in [9.17, 15) is 9.59 Å². The number of benzene rings is 1. The number of amidine groups is 1. The van der Waals surface area contributed by atoms with Gasteiger partial charge in [0.15, 0.2) is 5.17 Å². The Morgan fingerprint density at radius 2 is 2.06 bits per heavy atom. The first kappa shape index (κ1) is 12.6. The van der Waals surface area contributed by atoms with E-state index in [-0.39, 0.29) is 11.9 Å². The zero-order valence-electron chi connectivity index (χ0n) is 10.0. The van der Waals surface area contributed by atoms with Crippen LogP contribution in [0.25, 0.3) is 0 Å². The fraction of sp³-hybridized carbons (Fsp3) is 0.250. The van der Waals surface area contributed by atoms with Gasteiger partial charge in [-0.3, -0.25) is 9.69 Å². The van der Waals surface area contributed by atoms with Gasteiger partial charge in [0.2, 0.25) is 5.91 Å². The second kappa shape index (κ2) is 5.22. The minimum absolute atomic E-state index is 0.0462. The Balaban J connectivity index is 2.18. The average Bonchev–Trinajstić information content (AvgIpc) is 2.71. The number of esters is 1. The minimum atomic E-state index is -0.378. The molecule has 0 saturated carbocycles. The minimum Gasteiger partial charge on any atom is -0.465 e. The van der Waals surface area contributed by atoms with Crippen LogP contribution in [-0.2, 0) is 9.53 Å². The van der Waals surface area contributed by atoms with Crippen molar-refractivity contribution in [1.82, 2.24) is 4.90 Å². The van der Waals surface area contributed by atoms with Gasteiger partial charge in [-0.2, -0.15) is 0 Å². The van der Waals surface area contributed by atoms with Crippen LogP contribution >= 0.6 is 11.8 Å². The molecule has 94 valence electrons. The highest BCUT2D eigenvalue weighted by Gasteiger charge is 2.24. The Morgan fingerprint density at radius 3 is 2.56 bits per heavy atom. The van der Waals surface area contributed by atoms with Crippen molar-refractivity contribution in [2.24, 2.45) is 4.99 Å². The quantitative estimate of drug-likeness (QED) is 0.762. The van der Waals surface area contributed by atoms with Crippen molar-refractivity contribution in [3.05, 3.63) is 29.8 Å². The molecule has 0 spiro atoms. The lowest BCUT2D eigenvalue weighted by Gasteiger charge is -2.07. The van der Waals surface area contributed by atoms with E-state index in [2.05, 4.69) is 9.73 Å². The van der Waals surface area contributed by atoms with Gasteiger partial charge in [-0.15, -0.1) is 0 Å². The van der Waals surface area contributed by atoms with Crippen LogP contribution in [0.2, 0.25) is 0 Å². The fourth-order valence-electron chi connectivity index (χ4n) is 1.43. The highest BCUT2D eigenvalue weighted by molar-refractivity contribution is 8.15. The van der Waals surface area contributed by atoms with Gasteiger partial charge in [-0.1, -0.05) is 11.8 Å². The SMILES string of the molecule is COC(=O)c1ccc(N=C2SCC(=O)N2C)cc1. The largest absolute Gasteiger partial charge is 0.465 e. The Bertz CT molecular complexity index is 511. The van der Waals surface area contributed by atoms with Crippen LogP contribution in [0.5, 0.6) is 0 Å². The van der Waals surface area contributed by atoms with Crippen LogP contribution in [0, 0.1) is 0 Å². The molecule has 1 heterocycles. The van der Waals surface area contributed by atoms with E-state index in [1.807, 2.05) is 0 Å². The topological polar surface area (TPSA) is 59.0 Å². The number of aliphatic imine (C=N–C) groups is 1. The highest BCUT2D eigenvalue weighted by atomic mass is 32.2. The number of ether oxygens (including phenoxy) is 1. The second-order valence-electron chi connectivity index (χ2n) is 3.67. The van der Waals surface area contributed by atoms with Crippen molar-refractivity contribution >= 4 is 34.5 Å². The summed E-state index contributed by atoms with van der Waals surface area (Å²) in [5, 5.41) is 0.672. The maximum atomic E-state index is 11.3. The van der Waals surface area contributed by atoms with E-state index in [0.717, 1.165) is 0 Å². The first-order chi connectivity index (χ1) is 8.61. The lowest BCUT2D eigenvalue weighted by atomic mass is 10.2. The molecule has 0 atom stereocenters. The van der Waals surface area contributed by atoms with Crippen molar-refractivity contribution in [2.75, 3.05) is 19.9 Å². The predicted octanol–water partition coefficient (Wildman–Crippen LogP) is 1.67. The molecule has 1 aromatic carbocycles. The summed E-state index contributed by atoms with van der Waals surface area (Å²) in [7, 11) is 3.04. The fourth-order valence-corrected chi connectivity index (χ4v) is 2.35. The summed E-state index contributed by atoms with van der Waals surface area (Å²) in [4.78, 5) is 28.4. The molecule has 0 aliphatic carbocycles. The van der Waals surface area contributed by atoms with Crippen molar-refractivity contribution in [2.45, 2.75) is 0 Å². The average molecular weight is 264 g/mol. The Morgan fingerprint density at radius 1 is 1.39 bits per heavy atom. The van der Waals surface area contributed by atoms with E-state index in [4.69, 9.17) is 0 Å². The van der Waals surface area contributed by atoms with E-state index < -0.39 is 0 Å². The number of carbonyl (C=O) groups excluding carboxylic acids is 2. The van der Waals surface area contributed by atoms with Gasteiger partial charge in [0.1, 0.15) is 0 Å². The molecule has 18 heavy (non-hydrogen) atoms. The number of amides is 1. The van der Waals surface area contributed by atoms with E-state index in [0.29, 0.717) is 22.2 Å². The van der Waals surface area contributed by atoms with Gasteiger partial charge in [0.05, 0.1) is 24.1 Å². The summed E-state index contributed by atoms with van der Waals surface area (Å²) in [6.07, 6.45) is 0. The van der Waals surface area contributed by atoms with Gasteiger partial charge in [-0.05, 0) is 24.3 Å². The summed E-state index contributed by atoms with van der Waals surface area (Å²) >= 11 is 1.40. The molecule has 1 saturated heterocycles. The zero-order chi connectivity index (χ0) is 13.1. The molecule has 0 aromatic heterocycles. The smallest absolute Gasteiger partial charge is 0.337 e. The van der Waals surface area contributed by atoms with E-state index in [1.165, 1.54) is 23.8 Å². The molecular formula is C12H12N2O3S. The summed E-state index contributed by atoms with van der Waals surface area (Å²) in [5.74, 6) is 0.0944. The number of hydrogen-bond donors (Lipinski definition) is 0. The molecule has 5 nitrogen and oxygen atoms in total. The number of hydrogen-bond acceptors (Lipinski definition) is 5. The number of rotatable bonds is 2. The van der Waals surface area contributed by atoms with Crippen molar-refractivity contribution < 1.29 is 14.3 Å². The molecule has 1 aromatic rings. The van der Waals surface area contributed by atoms with Crippen molar-refractivity contribution in [1.29, 1.82) is 0 Å². The van der Waals surface area contributed by atoms with Gasteiger partial charge in [0.25, 0.3) is 0 Å². The lowest BCUT2D eigenvalue weighted by molar-refractivity contribution is -0.123. The molecule has 1 aliphatic rings. The lowest BCUT2D eigenvalue weighted by Crippen LogP contribution is -2.24. The molecule has 0 bridgehead atoms. The van der Waals surface area contributed by atoms with Crippen molar-refractivity contribution in [3.63, 3.8) is 0 Å². The van der Waals surface area contributed by atoms with Gasteiger partial charge in [-0.25, -0.2) is 9.79 Å². The van der Waals surface area contributed by atoms with E-state index >= 15 is 0 Å². The number of carbonyl (C=O) groups is 2. The number of nitrogens with zero attached hydrogens (tertiary/aromatic N) is 2. The number of methoxy groups -OCH3 is 1. The Hall–Kier alpha value is -1.82. The molecular weight excluding hydrogens is 252 g/mol. The van der Waals surface area contributed by atoms with Crippen LogP contribution in [-0.4, -0.2) is 41.9 Å². The first-order valence-corrected chi connectivity index (χ1v) is 6.27. The Kier molecular flexibility index (Phi) is 3.66.